The van der Waals surface area contributed by atoms with Gasteiger partial charge in [0.05, 0.1) is 19.3 Å². The second kappa shape index (κ2) is 6.08. The van der Waals surface area contributed by atoms with Gasteiger partial charge in [-0.3, -0.25) is 0 Å². The number of benzene rings is 1. The van der Waals surface area contributed by atoms with Gasteiger partial charge in [0.15, 0.2) is 4.67 Å². The maximum Gasteiger partial charge on any atom is 0.245 e. The van der Waals surface area contributed by atoms with E-state index in [2.05, 4.69) is 15.9 Å². The molecular weight excluding hydrogens is 360 g/mol. The second-order valence-electron chi connectivity index (χ2n) is 4.37. The van der Waals surface area contributed by atoms with Crippen LogP contribution in [-0.4, -0.2) is 26.9 Å². The molecule has 114 valence electrons. The van der Waals surface area contributed by atoms with E-state index >= 15 is 0 Å². The van der Waals surface area contributed by atoms with Crippen LogP contribution in [0.25, 0.3) is 0 Å². The van der Waals surface area contributed by atoms with Gasteiger partial charge in [-0.15, -0.1) is 0 Å². The molecule has 1 aromatic carbocycles. The van der Waals surface area contributed by atoms with Crippen LogP contribution in [0.3, 0.4) is 0 Å². The minimum Gasteiger partial charge on any atom is -0.497 e. The van der Waals surface area contributed by atoms with E-state index in [1.165, 1.54) is 30.6 Å². The van der Waals surface area contributed by atoms with E-state index in [1.54, 1.807) is 18.2 Å². The molecule has 0 atom stereocenters. The number of nitrogen functional groups attached to an aromatic ring is 1. The lowest BCUT2D eigenvalue weighted by Gasteiger charge is -2.17. The molecule has 1 aromatic heterocycles. The topological polar surface area (TPSA) is 85.8 Å². The Morgan fingerprint density at radius 1 is 1.33 bits per heavy atom. The molecule has 0 unspecified atom stereocenters. The van der Waals surface area contributed by atoms with Gasteiger partial charge >= 0.3 is 0 Å². The molecular formula is C13H15BrN2O4S. The quantitative estimate of drug-likeness (QED) is 0.812. The summed E-state index contributed by atoms with van der Waals surface area (Å²) in [6.45, 7) is 0.111. The molecule has 0 radical (unpaired) electrons. The van der Waals surface area contributed by atoms with Gasteiger partial charge < -0.3 is 14.9 Å². The number of sulfonamides is 1. The largest absolute Gasteiger partial charge is 0.497 e. The van der Waals surface area contributed by atoms with Gasteiger partial charge in [-0.1, -0.05) is 0 Å². The molecule has 0 spiro atoms. The molecule has 21 heavy (non-hydrogen) atoms. The lowest BCUT2D eigenvalue weighted by atomic mass is 10.3. The molecule has 0 aliphatic heterocycles. The van der Waals surface area contributed by atoms with Gasteiger partial charge in [0.1, 0.15) is 16.4 Å². The molecule has 2 N–H and O–H groups in total. The normalized spacial score (nSPS) is 11.8. The SMILES string of the molecule is COc1ccc(S(=O)(=O)N(C)Cc2ccc(Br)o2)c(N)c1. The van der Waals surface area contributed by atoms with Crippen LogP contribution in [0.15, 0.2) is 44.3 Å². The predicted octanol–water partition coefficient (Wildman–Crippen LogP) is 2.45. The number of hydrogen-bond acceptors (Lipinski definition) is 5. The standard InChI is InChI=1S/C13H15BrN2O4S/c1-16(8-10-4-6-13(14)20-10)21(17,18)12-5-3-9(19-2)7-11(12)15/h3-7H,8,15H2,1-2H3. The van der Waals surface area contributed by atoms with Crippen molar-refractivity contribution in [1.82, 2.24) is 4.31 Å². The fraction of sp³-hybridized carbons (Fsp3) is 0.231. The number of anilines is 1. The smallest absolute Gasteiger partial charge is 0.245 e. The third-order valence-corrected chi connectivity index (χ3v) is 5.22. The van der Waals surface area contributed by atoms with E-state index in [1.807, 2.05) is 0 Å². The van der Waals surface area contributed by atoms with Crippen molar-refractivity contribution in [2.24, 2.45) is 0 Å². The highest BCUT2D eigenvalue weighted by molar-refractivity contribution is 9.10. The van der Waals surface area contributed by atoms with Crippen LogP contribution in [0.5, 0.6) is 5.75 Å². The maximum absolute atomic E-state index is 12.5. The first-order valence-electron chi connectivity index (χ1n) is 5.98. The fourth-order valence-electron chi connectivity index (χ4n) is 1.80. The molecule has 2 rings (SSSR count). The molecule has 0 saturated carbocycles. The maximum atomic E-state index is 12.5. The second-order valence-corrected chi connectivity index (χ2v) is 7.17. The van der Waals surface area contributed by atoms with Crippen LogP contribution in [0.2, 0.25) is 0 Å². The number of nitrogens with two attached hydrogens (primary N) is 1. The zero-order valence-corrected chi connectivity index (χ0v) is 13.9. The fourth-order valence-corrected chi connectivity index (χ4v) is 3.37. The Balaban J connectivity index is 2.28. The molecule has 0 bridgehead atoms. The van der Waals surface area contributed by atoms with Gasteiger partial charge in [0, 0.05) is 13.1 Å². The van der Waals surface area contributed by atoms with Crippen molar-refractivity contribution in [1.29, 1.82) is 0 Å². The third kappa shape index (κ3) is 3.39. The molecule has 2 aromatic rings. The Morgan fingerprint density at radius 3 is 2.57 bits per heavy atom. The predicted molar refractivity (Wildman–Crippen MR) is 82.5 cm³/mol. The Kier molecular flexibility index (Phi) is 4.60. The first-order chi connectivity index (χ1) is 9.84. The van der Waals surface area contributed by atoms with Crippen molar-refractivity contribution < 1.29 is 17.6 Å². The van der Waals surface area contributed by atoms with Crippen LogP contribution in [0.1, 0.15) is 5.76 Å². The van der Waals surface area contributed by atoms with Gasteiger partial charge in [-0.2, -0.15) is 4.31 Å². The summed E-state index contributed by atoms with van der Waals surface area (Å²) < 4.78 is 37.1. The van der Waals surface area contributed by atoms with Crippen LogP contribution >= 0.6 is 15.9 Å². The van der Waals surface area contributed by atoms with E-state index < -0.39 is 10.0 Å². The number of hydrogen-bond donors (Lipinski definition) is 1. The molecule has 6 nitrogen and oxygen atoms in total. The molecule has 0 aliphatic rings. The summed E-state index contributed by atoms with van der Waals surface area (Å²) in [6, 6.07) is 7.87. The van der Waals surface area contributed by atoms with E-state index in [-0.39, 0.29) is 17.1 Å². The van der Waals surface area contributed by atoms with Crippen molar-refractivity contribution in [2.45, 2.75) is 11.4 Å². The van der Waals surface area contributed by atoms with Gasteiger partial charge in [0.2, 0.25) is 10.0 Å². The van der Waals surface area contributed by atoms with Gasteiger partial charge in [-0.05, 0) is 40.2 Å². The minimum atomic E-state index is -3.71. The molecule has 1 heterocycles. The lowest BCUT2D eigenvalue weighted by molar-refractivity contribution is 0.398. The lowest BCUT2D eigenvalue weighted by Crippen LogP contribution is -2.27. The molecule has 0 saturated heterocycles. The molecule has 0 fully saturated rings. The van der Waals surface area contributed by atoms with Crippen molar-refractivity contribution in [3.63, 3.8) is 0 Å². The minimum absolute atomic E-state index is 0.0384. The van der Waals surface area contributed by atoms with E-state index in [0.29, 0.717) is 16.2 Å². The Labute approximate surface area is 131 Å². The van der Waals surface area contributed by atoms with Crippen molar-refractivity contribution in [3.05, 3.63) is 40.8 Å². The molecule has 8 heteroatoms. The average molecular weight is 375 g/mol. The van der Waals surface area contributed by atoms with Crippen molar-refractivity contribution >= 4 is 31.6 Å². The number of furan rings is 1. The van der Waals surface area contributed by atoms with Crippen LogP contribution < -0.4 is 10.5 Å². The summed E-state index contributed by atoms with van der Waals surface area (Å²) in [5.41, 5.74) is 5.94. The van der Waals surface area contributed by atoms with E-state index in [9.17, 15) is 8.42 Å². The van der Waals surface area contributed by atoms with Gasteiger partial charge in [0.25, 0.3) is 0 Å². The highest BCUT2D eigenvalue weighted by Gasteiger charge is 2.24. The Bertz CT molecular complexity index is 742. The summed E-state index contributed by atoms with van der Waals surface area (Å²) in [4.78, 5) is 0.0384. The monoisotopic (exact) mass is 374 g/mol. The molecule has 0 aliphatic carbocycles. The summed E-state index contributed by atoms with van der Waals surface area (Å²) in [5, 5.41) is 0. The number of nitrogens with zero attached hydrogens (tertiary/aromatic N) is 1. The average Bonchev–Trinajstić information content (AvgIpc) is 2.83. The summed E-state index contributed by atoms with van der Waals surface area (Å²) in [6.07, 6.45) is 0. The number of rotatable bonds is 5. The zero-order chi connectivity index (χ0) is 15.6. The summed E-state index contributed by atoms with van der Waals surface area (Å²) in [7, 11) is -0.748. The number of halogens is 1. The van der Waals surface area contributed by atoms with Crippen LogP contribution in [0.4, 0.5) is 5.69 Å². The summed E-state index contributed by atoms with van der Waals surface area (Å²) in [5.74, 6) is 1.03. The van der Waals surface area contributed by atoms with E-state index in [4.69, 9.17) is 14.9 Å². The Hall–Kier alpha value is -1.51. The van der Waals surface area contributed by atoms with Crippen LogP contribution in [-0.2, 0) is 16.6 Å². The first-order valence-corrected chi connectivity index (χ1v) is 8.22. The van der Waals surface area contributed by atoms with Gasteiger partial charge in [-0.25, -0.2) is 8.42 Å². The zero-order valence-electron chi connectivity index (χ0n) is 11.5. The third-order valence-electron chi connectivity index (χ3n) is 2.91. The summed E-state index contributed by atoms with van der Waals surface area (Å²) >= 11 is 3.18. The number of methoxy groups -OCH3 is 1. The highest BCUT2D eigenvalue weighted by atomic mass is 79.9. The van der Waals surface area contributed by atoms with Crippen molar-refractivity contribution in [3.8, 4) is 5.75 Å². The highest BCUT2D eigenvalue weighted by Crippen LogP contribution is 2.27. The Morgan fingerprint density at radius 2 is 2.05 bits per heavy atom. The number of ether oxygens (including phenoxy) is 1. The van der Waals surface area contributed by atoms with E-state index in [0.717, 1.165) is 0 Å². The first kappa shape index (κ1) is 15.9. The van der Waals surface area contributed by atoms with Crippen molar-refractivity contribution in [2.75, 3.05) is 19.9 Å². The van der Waals surface area contributed by atoms with Crippen LogP contribution in [0, 0.1) is 0 Å². The molecule has 0 amide bonds.